The SMILES string of the molecule is CC[C@H]1OC(=O)[C@H](C)[C@@H](OC2C[C@@](C)(OC)[C@](O)(CCCCCNC(=O)[C@@]3(O)[C@H](C)CC4C5CCC6=CC(=O)C=C[C@]6(C)[C@@]5(F)[C@@H](O)C[C@@]43C)[C@H](C)O2)[C@H](C)[C@@H](OC2O[C@H](C)C[C@H](N(C)CC)[C@H]2O)[C@](C)(O)C[C@@H](C)CN(C)[C@H](C)[C@@H](O)[C@]1(C)O. The number of cyclic esters (lactones) is 1. The summed E-state index contributed by atoms with van der Waals surface area (Å²) in [5.41, 5.74) is -12.0. The van der Waals surface area contributed by atoms with Crippen LogP contribution in [0.15, 0.2) is 23.8 Å². The molecule has 7 rings (SSSR count). The number of unbranched alkanes of at least 4 members (excludes halogenated alkanes) is 2. The topological polar surface area (TPSA) is 267 Å². The smallest absolute Gasteiger partial charge is 0.311 e. The predicted molar refractivity (Wildman–Crippen MR) is 317 cm³/mol. The molecule has 0 aromatic carbocycles. The Morgan fingerprint density at radius 3 is 2.20 bits per heavy atom. The third-order valence-electron chi connectivity index (χ3n) is 23.2. The molecule has 7 aliphatic rings. The molecule has 3 aliphatic heterocycles. The minimum atomic E-state index is -2.09. The lowest BCUT2D eigenvalue weighted by Crippen LogP contribution is -2.70. The van der Waals surface area contributed by atoms with Gasteiger partial charge >= 0.3 is 5.97 Å². The molecule has 3 saturated carbocycles. The molecule has 19 nitrogen and oxygen atoms in total. The van der Waals surface area contributed by atoms with Crippen LogP contribution >= 0.6 is 0 Å². The number of carbonyl (C=O) groups is 3. The van der Waals surface area contributed by atoms with E-state index in [4.69, 9.17) is 28.4 Å². The molecular weight excluding hydrogens is 1100 g/mol. The van der Waals surface area contributed by atoms with E-state index >= 15 is 4.39 Å². The summed E-state index contributed by atoms with van der Waals surface area (Å²) in [5, 5.41) is 88.7. The number of fused-ring (bicyclic) bond motifs is 5. The van der Waals surface area contributed by atoms with Gasteiger partial charge < -0.3 is 79.3 Å². The lowest BCUT2D eigenvalue weighted by atomic mass is 9.44. The van der Waals surface area contributed by atoms with E-state index < -0.39 is 147 Å². The van der Waals surface area contributed by atoms with E-state index in [9.17, 15) is 50.1 Å². The third kappa shape index (κ3) is 12.4. The van der Waals surface area contributed by atoms with Gasteiger partial charge in [0.15, 0.2) is 29.6 Å². The van der Waals surface area contributed by atoms with Crippen molar-refractivity contribution in [3.05, 3.63) is 23.8 Å². The first-order valence-corrected chi connectivity index (χ1v) is 32.0. The average molecular weight is 1210 g/mol. The zero-order valence-electron chi connectivity index (χ0n) is 54.3. The van der Waals surface area contributed by atoms with E-state index in [1.807, 2.05) is 58.5 Å². The highest BCUT2D eigenvalue weighted by Gasteiger charge is 2.76. The number of ether oxygens (including phenoxy) is 6. The van der Waals surface area contributed by atoms with E-state index in [1.54, 1.807) is 61.5 Å². The summed E-state index contributed by atoms with van der Waals surface area (Å²) in [4.78, 5) is 45.3. The maximum absolute atomic E-state index is 17.8. The Morgan fingerprint density at radius 2 is 1.56 bits per heavy atom. The number of halogens is 1. The van der Waals surface area contributed by atoms with Crippen molar-refractivity contribution in [3.8, 4) is 0 Å². The number of alkyl halides is 1. The second-order valence-electron chi connectivity index (χ2n) is 28.8. The standard InChI is InChI=1S/C65H110FN3O16/c1-18-49-62(14,77)53(73)41(8)69(16)35-36(3)32-60(12,76)54(85-56-51(72)47(68(15)19-2)30-38(5)81-56)39(6)52(40(7)55(74)83-49)84-50-34-61(13,80-17)63(78,42(9)82-50)26-21-20-22-28-67-57(75)65(79)37(4)29-46-45-24-23-43-31-44(70)25-27-58(43,10)64(45,66)48(71)33-59(46,65)11/h25,27,31,36-42,45-54,56,71-73,76-79H,18-24,26,28-30,32-35H2,1-17H3,(H,67,75)/t36-,37-,38-,39+,40-,41-,42+,45?,46?,47+,48+,49-,50?,51-,52+,53-,54-,56?,58+,59+,60-,61-,62-,63+,64+,65+/m1/s1. The second kappa shape index (κ2) is 26.0. The number of carbonyl (C=O) groups excluding carboxylic acids is 3. The lowest BCUT2D eigenvalue weighted by molar-refractivity contribution is -0.338. The fraction of sp³-hybridized carbons (Fsp3) is 0.892. The molecule has 488 valence electrons. The molecule has 26 atom stereocenters. The second-order valence-corrected chi connectivity index (χ2v) is 28.8. The Bertz CT molecular complexity index is 2420. The van der Waals surface area contributed by atoms with Gasteiger partial charge in [-0.1, -0.05) is 66.0 Å². The van der Waals surface area contributed by atoms with Gasteiger partial charge in [-0.05, 0) is 164 Å². The largest absolute Gasteiger partial charge is 0.459 e. The molecule has 4 unspecified atom stereocenters. The molecule has 0 spiro atoms. The first kappa shape index (κ1) is 69.9. The van der Waals surface area contributed by atoms with Gasteiger partial charge in [-0.15, -0.1) is 0 Å². The number of nitrogens with zero attached hydrogens (tertiary/aromatic N) is 2. The minimum Gasteiger partial charge on any atom is -0.459 e. The Kier molecular flexibility index (Phi) is 21.4. The van der Waals surface area contributed by atoms with Crippen LogP contribution in [-0.2, 0) is 42.8 Å². The van der Waals surface area contributed by atoms with Gasteiger partial charge in [0, 0.05) is 61.4 Å². The maximum Gasteiger partial charge on any atom is 0.311 e. The summed E-state index contributed by atoms with van der Waals surface area (Å²) in [5.74, 6) is -5.28. The van der Waals surface area contributed by atoms with Crippen LogP contribution < -0.4 is 5.32 Å². The van der Waals surface area contributed by atoms with E-state index in [-0.39, 0.29) is 62.5 Å². The van der Waals surface area contributed by atoms with Gasteiger partial charge in [0.1, 0.15) is 35.1 Å². The van der Waals surface area contributed by atoms with Crippen molar-refractivity contribution >= 4 is 17.7 Å². The Labute approximate surface area is 506 Å². The monoisotopic (exact) mass is 1210 g/mol. The van der Waals surface area contributed by atoms with Crippen molar-refractivity contribution in [3.63, 3.8) is 0 Å². The molecule has 4 aliphatic carbocycles. The number of amides is 1. The molecule has 85 heavy (non-hydrogen) atoms. The highest BCUT2D eigenvalue weighted by Crippen LogP contribution is 2.70. The fourth-order valence-corrected chi connectivity index (χ4v) is 17.5. The molecule has 3 heterocycles. The number of methoxy groups -OCH3 is 1. The predicted octanol–water partition coefficient (Wildman–Crippen LogP) is 5.69. The van der Waals surface area contributed by atoms with Gasteiger partial charge in [-0.3, -0.25) is 14.4 Å². The number of rotatable bonds is 15. The number of esters is 1. The normalized spacial score (nSPS) is 49.4. The van der Waals surface area contributed by atoms with Crippen molar-refractivity contribution < 1.29 is 82.9 Å². The summed E-state index contributed by atoms with van der Waals surface area (Å²) >= 11 is 0. The van der Waals surface area contributed by atoms with Crippen molar-refractivity contribution in [2.75, 3.05) is 40.8 Å². The van der Waals surface area contributed by atoms with E-state index in [0.717, 1.165) is 0 Å². The molecule has 0 aromatic rings. The highest BCUT2D eigenvalue weighted by molar-refractivity contribution is 6.01. The number of ketones is 1. The molecule has 6 fully saturated rings. The summed E-state index contributed by atoms with van der Waals surface area (Å²) in [6, 6.07) is -0.921. The summed E-state index contributed by atoms with van der Waals surface area (Å²) in [6.07, 6.45) is -2.66. The highest BCUT2D eigenvalue weighted by atomic mass is 19.1. The van der Waals surface area contributed by atoms with Crippen molar-refractivity contribution in [1.29, 1.82) is 0 Å². The Balaban J connectivity index is 1.07. The van der Waals surface area contributed by atoms with Crippen molar-refractivity contribution in [1.82, 2.24) is 15.1 Å². The molecule has 3 saturated heterocycles. The quantitative estimate of drug-likeness (QED) is 0.0724. The van der Waals surface area contributed by atoms with Crippen molar-refractivity contribution in [2.45, 2.75) is 281 Å². The van der Waals surface area contributed by atoms with Crippen LogP contribution in [0.4, 0.5) is 4.39 Å². The first-order valence-electron chi connectivity index (χ1n) is 32.0. The van der Waals surface area contributed by atoms with Gasteiger partial charge in [0.2, 0.25) is 0 Å². The van der Waals surface area contributed by atoms with Crippen LogP contribution in [0.1, 0.15) is 174 Å². The third-order valence-corrected chi connectivity index (χ3v) is 23.2. The Hall–Kier alpha value is -2.54. The zero-order valence-corrected chi connectivity index (χ0v) is 54.3. The van der Waals surface area contributed by atoms with Crippen LogP contribution in [0.25, 0.3) is 0 Å². The van der Waals surface area contributed by atoms with Gasteiger partial charge in [0.25, 0.3) is 5.91 Å². The van der Waals surface area contributed by atoms with Crippen molar-refractivity contribution in [2.24, 2.45) is 46.3 Å². The van der Waals surface area contributed by atoms with Crippen LogP contribution in [0.2, 0.25) is 0 Å². The minimum absolute atomic E-state index is 0.0108. The van der Waals surface area contributed by atoms with E-state index in [1.165, 1.54) is 26.2 Å². The number of nitrogens with one attached hydrogen (secondary N) is 1. The number of aliphatic hydroxyl groups is 7. The number of hydrogen-bond acceptors (Lipinski definition) is 18. The van der Waals surface area contributed by atoms with Gasteiger partial charge in [-0.2, -0.15) is 0 Å². The number of likely N-dealkylation sites (N-methyl/N-ethyl adjacent to an activating group) is 2. The van der Waals surface area contributed by atoms with Crippen LogP contribution in [0, 0.1) is 46.3 Å². The van der Waals surface area contributed by atoms with E-state index in [2.05, 4.69) is 5.32 Å². The molecule has 8 N–H and O–H groups in total. The Morgan fingerprint density at radius 1 is 0.894 bits per heavy atom. The van der Waals surface area contributed by atoms with Gasteiger partial charge in [0.05, 0.1) is 42.0 Å². The van der Waals surface area contributed by atoms with Crippen LogP contribution in [-0.4, -0.2) is 211 Å². The molecule has 0 bridgehead atoms. The lowest BCUT2D eigenvalue weighted by Gasteiger charge is -2.62. The average Bonchev–Trinajstić information content (AvgIpc) is 1.65. The number of allylic oxidation sites excluding steroid dienone is 4. The molecule has 1 amide bonds. The van der Waals surface area contributed by atoms with Gasteiger partial charge in [-0.25, -0.2) is 4.39 Å². The molecule has 20 heteroatoms. The summed E-state index contributed by atoms with van der Waals surface area (Å²) in [7, 11) is 5.26. The number of aliphatic hydroxyl groups excluding tert-OH is 3. The zero-order chi connectivity index (χ0) is 63.5. The van der Waals surface area contributed by atoms with E-state index in [0.29, 0.717) is 63.6 Å². The molecular formula is C65H110FN3O16. The molecule has 0 radical (unpaired) electrons. The summed E-state index contributed by atoms with van der Waals surface area (Å²) < 4.78 is 57.1. The first-order chi connectivity index (χ1) is 39.4. The molecule has 0 aromatic heterocycles. The number of hydrogen-bond donors (Lipinski definition) is 8. The maximum atomic E-state index is 17.8. The fourth-order valence-electron chi connectivity index (χ4n) is 17.5. The summed E-state index contributed by atoms with van der Waals surface area (Å²) in [6.45, 7) is 26.2. The van der Waals surface area contributed by atoms with Crippen LogP contribution in [0.5, 0.6) is 0 Å². The van der Waals surface area contributed by atoms with Crippen LogP contribution in [0.3, 0.4) is 0 Å².